The van der Waals surface area contributed by atoms with Gasteiger partial charge >= 0.3 is 5.97 Å². The highest BCUT2D eigenvalue weighted by Gasteiger charge is 2.28. The third kappa shape index (κ3) is 5.27. The molecule has 9 heteroatoms. The molecule has 1 aliphatic rings. The summed E-state index contributed by atoms with van der Waals surface area (Å²) >= 11 is 0. The van der Waals surface area contributed by atoms with Gasteiger partial charge in [-0.25, -0.2) is 18.3 Å². The lowest BCUT2D eigenvalue weighted by Crippen LogP contribution is -2.39. The molecule has 0 saturated carbocycles. The van der Waals surface area contributed by atoms with E-state index in [1.54, 1.807) is 6.92 Å². The number of para-hydroxylation sites is 2. The molecule has 30 heavy (non-hydrogen) atoms. The number of piperidine rings is 1. The second-order valence-corrected chi connectivity index (χ2v) is 6.92. The van der Waals surface area contributed by atoms with Crippen LogP contribution in [0.5, 0.6) is 11.5 Å². The molecule has 0 radical (unpaired) electrons. The summed E-state index contributed by atoms with van der Waals surface area (Å²) < 4.78 is 44.9. The van der Waals surface area contributed by atoms with Crippen LogP contribution in [0.2, 0.25) is 0 Å². The summed E-state index contributed by atoms with van der Waals surface area (Å²) in [6, 6.07) is 7.55. The number of alkyl halides is 2. The maximum atomic E-state index is 13.6. The molecule has 0 spiro atoms. The van der Waals surface area contributed by atoms with E-state index in [0.717, 1.165) is 19.0 Å². The standard InChI is InChI=1S/C21H27F2N3O4/c1-3-28-17-7-5-6-8-18(17)30-15-9-11-25(12-10-15)14-26-19(20(22)23)16(13-24-26)21(27)29-4-2/h5-8,13,15,20H,3-4,9-12,14H2,1-2H3. The SMILES string of the molecule is CCOC(=O)c1cnn(CN2CCC(Oc3ccccc3OCC)CC2)c1C(F)F. The summed E-state index contributed by atoms with van der Waals surface area (Å²) in [6.45, 7) is 5.74. The minimum Gasteiger partial charge on any atom is -0.490 e. The van der Waals surface area contributed by atoms with Gasteiger partial charge in [0, 0.05) is 13.1 Å². The first-order chi connectivity index (χ1) is 14.5. The number of carbonyl (C=O) groups excluding carboxylic acids is 1. The summed E-state index contributed by atoms with van der Waals surface area (Å²) in [5.41, 5.74) is -0.588. The van der Waals surface area contributed by atoms with Crippen LogP contribution >= 0.6 is 0 Å². The van der Waals surface area contributed by atoms with Crippen molar-refractivity contribution in [2.24, 2.45) is 0 Å². The molecule has 1 fully saturated rings. The fourth-order valence-corrected chi connectivity index (χ4v) is 3.46. The Bertz CT molecular complexity index is 835. The van der Waals surface area contributed by atoms with Gasteiger partial charge in [-0.2, -0.15) is 5.10 Å². The number of nitrogens with zero attached hydrogens (tertiary/aromatic N) is 3. The smallest absolute Gasteiger partial charge is 0.341 e. The first kappa shape index (κ1) is 22.0. The van der Waals surface area contributed by atoms with Crippen LogP contribution in [0.4, 0.5) is 8.78 Å². The van der Waals surface area contributed by atoms with Gasteiger partial charge < -0.3 is 14.2 Å². The van der Waals surface area contributed by atoms with Gasteiger partial charge in [-0.05, 0) is 38.8 Å². The predicted molar refractivity (Wildman–Crippen MR) is 106 cm³/mol. The molecular formula is C21H27F2N3O4. The first-order valence-corrected chi connectivity index (χ1v) is 10.1. The zero-order chi connectivity index (χ0) is 21.5. The van der Waals surface area contributed by atoms with Crippen molar-refractivity contribution in [3.8, 4) is 11.5 Å². The van der Waals surface area contributed by atoms with E-state index in [9.17, 15) is 13.6 Å². The van der Waals surface area contributed by atoms with E-state index in [1.165, 1.54) is 4.68 Å². The number of likely N-dealkylation sites (tertiary alicyclic amines) is 1. The zero-order valence-corrected chi connectivity index (χ0v) is 17.2. The van der Waals surface area contributed by atoms with Gasteiger partial charge in [0.15, 0.2) is 11.5 Å². The number of hydrogen-bond donors (Lipinski definition) is 0. The molecule has 1 aromatic carbocycles. The minimum absolute atomic E-state index is 0.0186. The zero-order valence-electron chi connectivity index (χ0n) is 17.2. The van der Waals surface area contributed by atoms with Crippen molar-refractivity contribution >= 4 is 5.97 Å². The molecule has 7 nitrogen and oxygen atoms in total. The van der Waals surface area contributed by atoms with E-state index in [0.29, 0.717) is 31.2 Å². The maximum absolute atomic E-state index is 13.6. The minimum atomic E-state index is -2.82. The number of halogens is 2. The highest BCUT2D eigenvalue weighted by atomic mass is 19.3. The van der Waals surface area contributed by atoms with Crippen molar-refractivity contribution in [2.45, 2.75) is 45.9 Å². The number of benzene rings is 1. The van der Waals surface area contributed by atoms with E-state index in [2.05, 4.69) is 5.10 Å². The van der Waals surface area contributed by atoms with Gasteiger partial charge in [0.1, 0.15) is 17.4 Å². The monoisotopic (exact) mass is 423 g/mol. The fraction of sp³-hybridized carbons (Fsp3) is 0.524. The van der Waals surface area contributed by atoms with Crippen LogP contribution in [-0.2, 0) is 11.4 Å². The summed E-state index contributed by atoms with van der Waals surface area (Å²) in [5.74, 6) is 0.648. The third-order valence-electron chi connectivity index (χ3n) is 4.89. The highest BCUT2D eigenvalue weighted by molar-refractivity contribution is 5.90. The number of esters is 1. The van der Waals surface area contributed by atoms with Crippen LogP contribution in [0.15, 0.2) is 30.5 Å². The third-order valence-corrected chi connectivity index (χ3v) is 4.89. The Kier molecular flexibility index (Phi) is 7.62. The molecule has 164 valence electrons. The molecule has 2 heterocycles. The van der Waals surface area contributed by atoms with Crippen LogP contribution in [-0.4, -0.2) is 53.1 Å². The molecule has 0 aliphatic carbocycles. The van der Waals surface area contributed by atoms with Gasteiger partial charge in [0.2, 0.25) is 0 Å². The molecule has 1 aliphatic heterocycles. The Morgan fingerprint density at radius 1 is 1.17 bits per heavy atom. The number of hydrogen-bond acceptors (Lipinski definition) is 6. The van der Waals surface area contributed by atoms with Crippen LogP contribution in [0, 0.1) is 0 Å². The Hall–Kier alpha value is -2.68. The molecular weight excluding hydrogens is 396 g/mol. The van der Waals surface area contributed by atoms with Crippen molar-refractivity contribution in [3.05, 3.63) is 41.7 Å². The normalized spacial score (nSPS) is 15.4. The van der Waals surface area contributed by atoms with Gasteiger partial charge in [-0.15, -0.1) is 0 Å². The molecule has 0 N–H and O–H groups in total. The number of ether oxygens (including phenoxy) is 3. The first-order valence-electron chi connectivity index (χ1n) is 10.1. The topological polar surface area (TPSA) is 65.8 Å². The number of rotatable bonds is 9. The quantitative estimate of drug-likeness (QED) is 0.570. The molecule has 0 atom stereocenters. The maximum Gasteiger partial charge on any atom is 0.341 e. The lowest BCUT2D eigenvalue weighted by atomic mass is 10.1. The Morgan fingerprint density at radius 2 is 1.87 bits per heavy atom. The largest absolute Gasteiger partial charge is 0.490 e. The molecule has 0 amide bonds. The molecule has 1 aromatic heterocycles. The number of carbonyl (C=O) groups is 1. The van der Waals surface area contributed by atoms with Gasteiger partial charge in [0.05, 0.1) is 26.1 Å². The van der Waals surface area contributed by atoms with E-state index in [1.807, 2.05) is 36.1 Å². The average molecular weight is 423 g/mol. The highest BCUT2D eigenvalue weighted by Crippen LogP contribution is 2.30. The van der Waals surface area contributed by atoms with Crippen molar-refractivity contribution < 1.29 is 27.8 Å². The molecule has 3 rings (SSSR count). The van der Waals surface area contributed by atoms with Crippen molar-refractivity contribution in [1.29, 1.82) is 0 Å². The molecule has 0 bridgehead atoms. The second-order valence-electron chi connectivity index (χ2n) is 6.92. The van der Waals surface area contributed by atoms with Gasteiger partial charge in [-0.1, -0.05) is 12.1 Å². The summed E-state index contributed by atoms with van der Waals surface area (Å²) in [6.07, 6.45) is -0.152. The van der Waals surface area contributed by atoms with E-state index < -0.39 is 18.1 Å². The van der Waals surface area contributed by atoms with Crippen molar-refractivity contribution in [2.75, 3.05) is 26.3 Å². The Labute approximate surface area is 174 Å². The Balaban J connectivity index is 1.59. The van der Waals surface area contributed by atoms with Crippen molar-refractivity contribution in [1.82, 2.24) is 14.7 Å². The lowest BCUT2D eigenvalue weighted by molar-refractivity contribution is 0.0507. The summed E-state index contributed by atoms with van der Waals surface area (Å²) in [4.78, 5) is 13.9. The average Bonchev–Trinajstić information content (AvgIpc) is 3.15. The second kappa shape index (κ2) is 10.4. The number of aromatic nitrogens is 2. The molecule has 1 saturated heterocycles. The van der Waals surface area contributed by atoms with Crippen LogP contribution in [0.3, 0.4) is 0 Å². The Morgan fingerprint density at radius 3 is 2.50 bits per heavy atom. The fourth-order valence-electron chi connectivity index (χ4n) is 3.46. The van der Waals surface area contributed by atoms with Crippen LogP contribution < -0.4 is 9.47 Å². The van der Waals surface area contributed by atoms with E-state index in [-0.39, 0.29) is 24.9 Å². The predicted octanol–water partition coefficient (Wildman–Crippen LogP) is 3.90. The van der Waals surface area contributed by atoms with Gasteiger partial charge in [0.25, 0.3) is 6.43 Å². The van der Waals surface area contributed by atoms with Gasteiger partial charge in [-0.3, -0.25) is 4.90 Å². The molecule has 0 unspecified atom stereocenters. The van der Waals surface area contributed by atoms with E-state index in [4.69, 9.17) is 14.2 Å². The van der Waals surface area contributed by atoms with Crippen LogP contribution in [0.25, 0.3) is 0 Å². The van der Waals surface area contributed by atoms with E-state index >= 15 is 0 Å². The lowest BCUT2D eigenvalue weighted by Gasteiger charge is -2.32. The van der Waals surface area contributed by atoms with Crippen LogP contribution in [0.1, 0.15) is 49.2 Å². The summed E-state index contributed by atoms with van der Waals surface area (Å²) in [7, 11) is 0. The molecule has 2 aromatic rings. The summed E-state index contributed by atoms with van der Waals surface area (Å²) in [5, 5.41) is 4.00. The van der Waals surface area contributed by atoms with Crippen molar-refractivity contribution in [3.63, 3.8) is 0 Å².